The van der Waals surface area contributed by atoms with E-state index in [4.69, 9.17) is 9.47 Å². The van der Waals surface area contributed by atoms with E-state index >= 15 is 0 Å². The first-order chi connectivity index (χ1) is 13.9. The lowest BCUT2D eigenvalue weighted by atomic mass is 9.82. The third-order valence-corrected chi connectivity index (χ3v) is 5.42. The molecule has 2 atom stereocenters. The third-order valence-electron chi connectivity index (χ3n) is 5.42. The van der Waals surface area contributed by atoms with Crippen LogP contribution >= 0.6 is 0 Å². The second kappa shape index (κ2) is 8.55. The molecular weight excluding hydrogens is 368 g/mol. The number of anilines is 1. The summed E-state index contributed by atoms with van der Waals surface area (Å²) in [6.45, 7) is 2.01. The number of carbonyl (C=O) groups excluding carboxylic acids is 2. The van der Waals surface area contributed by atoms with E-state index in [0.29, 0.717) is 24.3 Å². The molecule has 2 aromatic carbocycles. The molecule has 6 nitrogen and oxygen atoms in total. The van der Waals surface area contributed by atoms with Gasteiger partial charge in [0, 0.05) is 26.2 Å². The van der Waals surface area contributed by atoms with Gasteiger partial charge in [-0.05, 0) is 43.2 Å². The van der Waals surface area contributed by atoms with Crippen molar-refractivity contribution in [1.29, 1.82) is 0 Å². The molecule has 0 unspecified atom stereocenters. The van der Waals surface area contributed by atoms with Crippen LogP contribution in [-0.4, -0.2) is 45.0 Å². The van der Waals surface area contributed by atoms with Gasteiger partial charge in [-0.2, -0.15) is 0 Å². The molecule has 1 aliphatic heterocycles. The van der Waals surface area contributed by atoms with Crippen molar-refractivity contribution in [2.24, 2.45) is 5.92 Å². The monoisotopic (exact) mass is 396 g/mol. The van der Waals surface area contributed by atoms with Crippen molar-refractivity contribution in [1.82, 2.24) is 4.90 Å². The van der Waals surface area contributed by atoms with E-state index in [1.165, 1.54) is 0 Å². The van der Waals surface area contributed by atoms with E-state index in [1.807, 2.05) is 49.4 Å². The zero-order chi connectivity index (χ0) is 21.1. The van der Waals surface area contributed by atoms with Crippen LogP contribution in [0.4, 0.5) is 5.69 Å². The standard InChI is InChI=1S/C23H28N2O4/c1-15-6-9-17(10-7-15)25-21(26)13-11-18(23(27)24(2)3)22(25)16-8-12-19(28-4)20(14-16)29-5/h6-10,12,14,18,22H,11,13H2,1-5H3/t18-,22-/m0/s1. The molecular formula is C23H28N2O4. The van der Waals surface area contributed by atoms with Gasteiger partial charge in [-0.3, -0.25) is 9.59 Å². The highest BCUT2D eigenvalue weighted by molar-refractivity contribution is 5.97. The third kappa shape index (κ3) is 4.06. The maximum Gasteiger partial charge on any atom is 0.227 e. The first-order valence-electron chi connectivity index (χ1n) is 9.69. The van der Waals surface area contributed by atoms with Gasteiger partial charge in [-0.1, -0.05) is 23.8 Å². The molecule has 0 radical (unpaired) electrons. The Morgan fingerprint density at radius 3 is 2.28 bits per heavy atom. The SMILES string of the molecule is COc1ccc([C@H]2[C@@H](C(=O)N(C)C)CCC(=O)N2c2ccc(C)cc2)cc1OC. The van der Waals surface area contributed by atoms with E-state index in [-0.39, 0.29) is 17.7 Å². The molecule has 2 amide bonds. The van der Waals surface area contributed by atoms with Gasteiger partial charge in [-0.15, -0.1) is 0 Å². The van der Waals surface area contributed by atoms with Gasteiger partial charge in [0.2, 0.25) is 11.8 Å². The quantitative estimate of drug-likeness (QED) is 0.775. The molecule has 1 fully saturated rings. The van der Waals surface area contributed by atoms with Crippen LogP contribution in [-0.2, 0) is 9.59 Å². The Morgan fingerprint density at radius 1 is 1.03 bits per heavy atom. The van der Waals surface area contributed by atoms with Crippen molar-refractivity contribution in [3.8, 4) is 11.5 Å². The number of amides is 2. The van der Waals surface area contributed by atoms with Crippen molar-refractivity contribution in [3.63, 3.8) is 0 Å². The Kier molecular flexibility index (Phi) is 6.11. The molecule has 3 rings (SSSR count). The van der Waals surface area contributed by atoms with E-state index in [9.17, 15) is 9.59 Å². The van der Waals surface area contributed by atoms with Gasteiger partial charge in [0.05, 0.1) is 26.2 Å². The normalized spacial score (nSPS) is 19.1. The molecule has 1 saturated heterocycles. The summed E-state index contributed by atoms with van der Waals surface area (Å²) in [6.07, 6.45) is 0.846. The molecule has 1 aliphatic rings. The highest BCUT2D eigenvalue weighted by atomic mass is 16.5. The number of rotatable bonds is 5. The molecule has 0 saturated carbocycles. The number of methoxy groups -OCH3 is 2. The van der Waals surface area contributed by atoms with Crippen molar-refractivity contribution in [2.45, 2.75) is 25.8 Å². The lowest BCUT2D eigenvalue weighted by Crippen LogP contribution is -2.48. The number of hydrogen-bond acceptors (Lipinski definition) is 4. The first-order valence-corrected chi connectivity index (χ1v) is 9.69. The van der Waals surface area contributed by atoms with Gasteiger partial charge in [0.15, 0.2) is 11.5 Å². The highest BCUT2D eigenvalue weighted by Gasteiger charge is 2.42. The van der Waals surface area contributed by atoms with Crippen molar-refractivity contribution >= 4 is 17.5 Å². The first kappa shape index (κ1) is 20.7. The number of piperidine rings is 1. The Labute approximate surface area is 172 Å². The highest BCUT2D eigenvalue weighted by Crippen LogP contribution is 2.42. The summed E-state index contributed by atoms with van der Waals surface area (Å²) >= 11 is 0. The predicted molar refractivity (Wildman–Crippen MR) is 112 cm³/mol. The van der Waals surface area contributed by atoms with Crippen LogP contribution in [0.2, 0.25) is 0 Å². The zero-order valence-electron chi connectivity index (χ0n) is 17.6. The summed E-state index contributed by atoms with van der Waals surface area (Å²) in [5, 5.41) is 0. The lowest BCUT2D eigenvalue weighted by molar-refractivity contribution is -0.136. The summed E-state index contributed by atoms with van der Waals surface area (Å²) in [4.78, 5) is 29.4. The summed E-state index contributed by atoms with van der Waals surface area (Å²) < 4.78 is 10.8. The molecule has 0 N–H and O–H groups in total. The molecule has 0 aliphatic carbocycles. The van der Waals surface area contributed by atoms with E-state index in [1.54, 1.807) is 38.1 Å². The van der Waals surface area contributed by atoms with Gasteiger partial charge >= 0.3 is 0 Å². The smallest absolute Gasteiger partial charge is 0.227 e. The van der Waals surface area contributed by atoms with Crippen LogP contribution in [0.1, 0.15) is 30.0 Å². The minimum Gasteiger partial charge on any atom is -0.493 e. The largest absolute Gasteiger partial charge is 0.493 e. The van der Waals surface area contributed by atoms with Crippen molar-refractivity contribution in [2.75, 3.05) is 33.2 Å². The fraction of sp³-hybridized carbons (Fsp3) is 0.391. The molecule has 2 aromatic rings. The number of carbonyl (C=O) groups is 2. The fourth-order valence-electron chi connectivity index (χ4n) is 3.91. The Morgan fingerprint density at radius 2 is 1.69 bits per heavy atom. The average Bonchev–Trinajstić information content (AvgIpc) is 2.73. The number of aryl methyl sites for hydroxylation is 1. The predicted octanol–water partition coefficient (Wildman–Crippen LogP) is 3.58. The van der Waals surface area contributed by atoms with E-state index < -0.39 is 6.04 Å². The summed E-state index contributed by atoms with van der Waals surface area (Å²) in [6, 6.07) is 13.0. The minimum absolute atomic E-state index is 0.00870. The lowest BCUT2D eigenvalue weighted by Gasteiger charge is -2.41. The number of ether oxygens (including phenoxy) is 2. The number of hydrogen-bond donors (Lipinski definition) is 0. The molecule has 154 valence electrons. The second-order valence-electron chi connectivity index (χ2n) is 7.54. The number of nitrogens with zero attached hydrogens (tertiary/aromatic N) is 2. The van der Waals surface area contributed by atoms with E-state index in [0.717, 1.165) is 16.8 Å². The molecule has 1 heterocycles. The molecule has 0 spiro atoms. The van der Waals surface area contributed by atoms with Gasteiger partial charge in [0.1, 0.15) is 0 Å². The fourth-order valence-corrected chi connectivity index (χ4v) is 3.91. The topological polar surface area (TPSA) is 59.1 Å². The Balaban J connectivity index is 2.15. The molecule has 0 bridgehead atoms. The van der Waals surface area contributed by atoms with Crippen LogP contribution < -0.4 is 14.4 Å². The van der Waals surface area contributed by atoms with Gasteiger partial charge in [-0.25, -0.2) is 0 Å². The second-order valence-corrected chi connectivity index (χ2v) is 7.54. The maximum atomic E-state index is 13.0. The van der Waals surface area contributed by atoms with Crippen LogP contribution in [0.3, 0.4) is 0 Å². The van der Waals surface area contributed by atoms with Crippen LogP contribution in [0, 0.1) is 12.8 Å². The summed E-state index contributed by atoms with van der Waals surface area (Å²) in [7, 11) is 6.66. The van der Waals surface area contributed by atoms with Crippen LogP contribution in [0.25, 0.3) is 0 Å². The van der Waals surface area contributed by atoms with E-state index in [2.05, 4.69) is 0 Å². The summed E-state index contributed by atoms with van der Waals surface area (Å²) in [5.41, 5.74) is 2.75. The van der Waals surface area contributed by atoms with Gasteiger partial charge < -0.3 is 19.3 Å². The Hall–Kier alpha value is -3.02. The maximum absolute atomic E-state index is 13.0. The average molecular weight is 396 g/mol. The minimum atomic E-state index is -0.423. The summed E-state index contributed by atoms with van der Waals surface area (Å²) in [5.74, 6) is 0.853. The zero-order valence-corrected chi connectivity index (χ0v) is 17.6. The van der Waals surface area contributed by atoms with Gasteiger partial charge in [0.25, 0.3) is 0 Å². The Bertz CT molecular complexity index is 892. The molecule has 29 heavy (non-hydrogen) atoms. The van der Waals surface area contributed by atoms with Crippen LogP contribution in [0.15, 0.2) is 42.5 Å². The number of benzene rings is 2. The molecule has 6 heteroatoms. The van der Waals surface area contributed by atoms with Crippen molar-refractivity contribution in [3.05, 3.63) is 53.6 Å². The molecule has 0 aromatic heterocycles. The van der Waals surface area contributed by atoms with Crippen molar-refractivity contribution < 1.29 is 19.1 Å². The van der Waals surface area contributed by atoms with Crippen LogP contribution in [0.5, 0.6) is 11.5 Å².